The third-order valence-corrected chi connectivity index (χ3v) is 2.42. The Morgan fingerprint density at radius 3 is 2.79 bits per heavy atom. The Labute approximate surface area is 112 Å². The Balaban J connectivity index is 2.70. The Morgan fingerprint density at radius 2 is 2.21 bits per heavy atom. The van der Waals surface area contributed by atoms with E-state index in [4.69, 9.17) is 10.4 Å². The van der Waals surface area contributed by atoms with Crippen molar-refractivity contribution in [1.82, 2.24) is 5.32 Å². The molecule has 5 heteroatoms. The van der Waals surface area contributed by atoms with Crippen molar-refractivity contribution in [3.8, 4) is 6.07 Å². The molecule has 3 N–H and O–H groups in total. The average molecular weight is 259 g/mol. The highest BCUT2D eigenvalue weighted by Crippen LogP contribution is 2.13. The zero-order valence-electron chi connectivity index (χ0n) is 11.0. The van der Waals surface area contributed by atoms with Crippen molar-refractivity contribution in [2.24, 2.45) is 0 Å². The highest BCUT2D eigenvalue weighted by molar-refractivity contribution is 6.06. The minimum absolute atomic E-state index is 0.0381. The van der Waals surface area contributed by atoms with Crippen LogP contribution in [0.5, 0.6) is 0 Å². The number of amides is 1. The third-order valence-electron chi connectivity index (χ3n) is 2.42. The fraction of sp³-hybridized carbons (Fsp3) is 0.286. The molecule has 100 valence electrons. The summed E-state index contributed by atoms with van der Waals surface area (Å²) >= 11 is 0. The maximum atomic E-state index is 11.9. The molecule has 0 spiro atoms. The van der Waals surface area contributed by atoms with Gasteiger partial charge in [0.25, 0.3) is 5.91 Å². The zero-order valence-corrected chi connectivity index (χ0v) is 11.0. The number of benzene rings is 1. The van der Waals surface area contributed by atoms with Gasteiger partial charge in [0.05, 0.1) is 6.10 Å². The standard InChI is InChI=1S/C14H17N3O2/c1-10-5-3-4-6-13(10)17-14(19)12(7-15)9-16-8-11(2)18/h3-6,9,11,16,18H,8H2,1-2H3,(H,17,19)/b12-9-. The molecule has 0 aromatic heterocycles. The van der Waals surface area contributed by atoms with Gasteiger partial charge in [-0.25, -0.2) is 0 Å². The van der Waals surface area contributed by atoms with E-state index in [-0.39, 0.29) is 12.1 Å². The van der Waals surface area contributed by atoms with E-state index < -0.39 is 12.0 Å². The quantitative estimate of drug-likeness (QED) is 0.550. The number of nitrogens with zero attached hydrogens (tertiary/aromatic N) is 1. The minimum atomic E-state index is -0.546. The number of rotatable bonds is 5. The van der Waals surface area contributed by atoms with E-state index in [1.54, 1.807) is 13.0 Å². The molecule has 19 heavy (non-hydrogen) atoms. The normalized spacial score (nSPS) is 12.4. The number of nitriles is 1. The average Bonchev–Trinajstić information content (AvgIpc) is 2.37. The van der Waals surface area contributed by atoms with Crippen LogP contribution in [0.1, 0.15) is 12.5 Å². The van der Waals surface area contributed by atoms with Crippen molar-refractivity contribution in [1.29, 1.82) is 5.26 Å². The smallest absolute Gasteiger partial charge is 0.267 e. The molecule has 0 radical (unpaired) electrons. The number of para-hydroxylation sites is 1. The van der Waals surface area contributed by atoms with Gasteiger partial charge in [0.1, 0.15) is 11.6 Å². The van der Waals surface area contributed by atoms with Crippen molar-refractivity contribution in [2.75, 3.05) is 11.9 Å². The van der Waals surface area contributed by atoms with Gasteiger partial charge < -0.3 is 15.7 Å². The Bertz CT molecular complexity index is 516. The van der Waals surface area contributed by atoms with E-state index in [1.165, 1.54) is 6.20 Å². The predicted molar refractivity (Wildman–Crippen MR) is 73.2 cm³/mol. The van der Waals surface area contributed by atoms with Gasteiger partial charge in [-0.3, -0.25) is 4.79 Å². The van der Waals surface area contributed by atoms with Crippen LogP contribution in [0.2, 0.25) is 0 Å². The van der Waals surface area contributed by atoms with E-state index in [9.17, 15) is 4.79 Å². The number of hydrogen-bond acceptors (Lipinski definition) is 4. The lowest BCUT2D eigenvalue weighted by Crippen LogP contribution is -2.22. The van der Waals surface area contributed by atoms with Gasteiger partial charge in [-0.15, -0.1) is 0 Å². The number of aliphatic hydroxyl groups excluding tert-OH is 1. The third kappa shape index (κ3) is 4.82. The number of carbonyl (C=O) groups is 1. The first kappa shape index (κ1) is 14.7. The van der Waals surface area contributed by atoms with E-state index in [0.717, 1.165) is 5.56 Å². The molecule has 1 amide bonds. The van der Waals surface area contributed by atoms with Crippen LogP contribution in [0.3, 0.4) is 0 Å². The summed E-state index contributed by atoms with van der Waals surface area (Å²) < 4.78 is 0. The first-order valence-electron chi connectivity index (χ1n) is 5.93. The van der Waals surface area contributed by atoms with Gasteiger partial charge >= 0.3 is 0 Å². The summed E-state index contributed by atoms with van der Waals surface area (Å²) in [7, 11) is 0. The molecular weight excluding hydrogens is 242 g/mol. The van der Waals surface area contributed by atoms with E-state index in [0.29, 0.717) is 5.69 Å². The van der Waals surface area contributed by atoms with Crippen molar-refractivity contribution >= 4 is 11.6 Å². The molecule has 0 saturated heterocycles. The second-order valence-corrected chi connectivity index (χ2v) is 4.20. The summed E-state index contributed by atoms with van der Waals surface area (Å²) in [5, 5.41) is 23.4. The van der Waals surface area contributed by atoms with Crippen molar-refractivity contribution in [2.45, 2.75) is 20.0 Å². The maximum Gasteiger partial charge on any atom is 0.267 e. The van der Waals surface area contributed by atoms with Crippen molar-refractivity contribution in [3.05, 3.63) is 41.6 Å². The van der Waals surface area contributed by atoms with Crippen LogP contribution in [0.15, 0.2) is 36.0 Å². The lowest BCUT2D eigenvalue weighted by atomic mass is 10.2. The highest BCUT2D eigenvalue weighted by atomic mass is 16.3. The molecule has 0 aliphatic heterocycles. The molecule has 0 saturated carbocycles. The molecule has 0 bridgehead atoms. The van der Waals surface area contributed by atoms with Gasteiger partial charge in [-0.1, -0.05) is 18.2 Å². The summed E-state index contributed by atoms with van der Waals surface area (Å²) in [5.74, 6) is -0.477. The van der Waals surface area contributed by atoms with Crippen molar-refractivity contribution < 1.29 is 9.90 Å². The number of hydrogen-bond donors (Lipinski definition) is 3. The maximum absolute atomic E-state index is 11.9. The molecule has 0 fully saturated rings. The van der Waals surface area contributed by atoms with E-state index in [2.05, 4.69) is 10.6 Å². The van der Waals surface area contributed by atoms with Gasteiger partial charge in [-0.2, -0.15) is 5.26 Å². The predicted octanol–water partition coefficient (Wildman–Crippen LogP) is 1.31. The van der Waals surface area contributed by atoms with Crippen LogP contribution in [-0.2, 0) is 4.79 Å². The lowest BCUT2D eigenvalue weighted by Gasteiger charge is -2.08. The topological polar surface area (TPSA) is 85.2 Å². The van der Waals surface area contributed by atoms with Gasteiger partial charge in [-0.05, 0) is 25.5 Å². The molecular formula is C14H17N3O2. The van der Waals surface area contributed by atoms with Gasteiger partial charge in [0, 0.05) is 18.4 Å². The lowest BCUT2D eigenvalue weighted by molar-refractivity contribution is -0.112. The Hall–Kier alpha value is -2.32. The highest BCUT2D eigenvalue weighted by Gasteiger charge is 2.10. The summed E-state index contributed by atoms with van der Waals surface area (Å²) in [4.78, 5) is 11.9. The molecule has 1 unspecified atom stereocenters. The monoisotopic (exact) mass is 259 g/mol. The van der Waals surface area contributed by atoms with Crippen LogP contribution in [0, 0.1) is 18.3 Å². The van der Waals surface area contributed by atoms with Crippen LogP contribution in [0.4, 0.5) is 5.69 Å². The molecule has 0 aliphatic carbocycles. The summed E-state index contributed by atoms with van der Waals surface area (Å²) in [6, 6.07) is 9.14. The molecule has 0 aliphatic rings. The summed E-state index contributed by atoms with van der Waals surface area (Å²) in [5.41, 5.74) is 1.55. The van der Waals surface area contributed by atoms with Crippen LogP contribution in [0.25, 0.3) is 0 Å². The van der Waals surface area contributed by atoms with E-state index >= 15 is 0 Å². The molecule has 1 atom stereocenters. The first-order chi connectivity index (χ1) is 9.04. The van der Waals surface area contributed by atoms with Crippen LogP contribution >= 0.6 is 0 Å². The number of aryl methyl sites for hydroxylation is 1. The minimum Gasteiger partial charge on any atom is -0.392 e. The fourth-order valence-electron chi connectivity index (χ4n) is 1.38. The van der Waals surface area contributed by atoms with Crippen LogP contribution in [-0.4, -0.2) is 23.7 Å². The molecule has 1 aromatic rings. The number of aliphatic hydroxyl groups is 1. The number of carbonyl (C=O) groups excluding carboxylic acids is 1. The molecule has 0 heterocycles. The van der Waals surface area contributed by atoms with E-state index in [1.807, 2.05) is 31.2 Å². The summed E-state index contributed by atoms with van der Waals surface area (Å²) in [6.45, 7) is 3.76. The second kappa shape index (κ2) is 7.19. The molecule has 1 rings (SSSR count). The zero-order chi connectivity index (χ0) is 14.3. The van der Waals surface area contributed by atoms with Crippen molar-refractivity contribution in [3.63, 3.8) is 0 Å². The van der Waals surface area contributed by atoms with Gasteiger partial charge in [0.15, 0.2) is 0 Å². The first-order valence-corrected chi connectivity index (χ1v) is 5.93. The Kier molecular flexibility index (Phi) is 5.58. The Morgan fingerprint density at radius 1 is 1.53 bits per heavy atom. The second-order valence-electron chi connectivity index (χ2n) is 4.20. The molecule has 1 aromatic carbocycles. The number of nitrogens with one attached hydrogen (secondary N) is 2. The number of anilines is 1. The SMILES string of the molecule is Cc1ccccc1NC(=O)/C(C#N)=C\NCC(C)O. The summed E-state index contributed by atoms with van der Waals surface area (Å²) in [6.07, 6.45) is 0.760. The fourth-order valence-corrected chi connectivity index (χ4v) is 1.38. The van der Waals surface area contributed by atoms with Crippen LogP contribution < -0.4 is 10.6 Å². The largest absolute Gasteiger partial charge is 0.392 e. The van der Waals surface area contributed by atoms with Gasteiger partial charge in [0.2, 0.25) is 0 Å². The molecule has 5 nitrogen and oxygen atoms in total.